The van der Waals surface area contributed by atoms with E-state index in [2.05, 4.69) is 15.9 Å². The van der Waals surface area contributed by atoms with Crippen molar-refractivity contribution in [2.24, 2.45) is 0 Å². The Bertz CT molecular complexity index is 590. The molecule has 6 nitrogen and oxygen atoms in total. The van der Waals surface area contributed by atoms with Gasteiger partial charge in [-0.2, -0.15) is 4.31 Å². The molecule has 1 rings (SSSR count). The van der Waals surface area contributed by atoms with Gasteiger partial charge in [0, 0.05) is 23.8 Å². The summed E-state index contributed by atoms with van der Waals surface area (Å²) in [6.45, 7) is 4.36. The van der Waals surface area contributed by atoms with Crippen LogP contribution in [0, 0.1) is 0 Å². The molecule has 0 aliphatic carbocycles. The lowest BCUT2D eigenvalue weighted by Gasteiger charge is -2.20. The van der Waals surface area contributed by atoms with Gasteiger partial charge in [-0.05, 0) is 41.9 Å². The minimum Gasteiger partial charge on any atom is -0.495 e. The molecule has 0 aromatic heterocycles. The molecule has 1 aromatic carbocycles. The van der Waals surface area contributed by atoms with Crippen molar-refractivity contribution in [3.8, 4) is 5.75 Å². The molecule has 0 heterocycles. The first kappa shape index (κ1) is 18.2. The standard InChI is InChI=1S/C13H21BrN2O4S/c1-9(2)20-6-5-16(3)21(17,18)13-8-11(15)10(14)7-12(13)19-4/h7-9H,5-6,15H2,1-4H3. The summed E-state index contributed by atoms with van der Waals surface area (Å²) in [5, 5.41) is 0. The van der Waals surface area contributed by atoms with Crippen LogP contribution in [0.2, 0.25) is 0 Å². The third-order valence-corrected chi connectivity index (χ3v) is 5.39. The van der Waals surface area contributed by atoms with Gasteiger partial charge in [0.15, 0.2) is 0 Å². The smallest absolute Gasteiger partial charge is 0.246 e. The molecule has 0 fully saturated rings. The minimum absolute atomic E-state index is 0.0396. The first-order valence-corrected chi connectivity index (χ1v) is 8.64. The number of likely N-dealkylation sites (N-methyl/N-ethyl adjacent to an activating group) is 1. The summed E-state index contributed by atoms with van der Waals surface area (Å²) < 4.78 is 37.5. The zero-order valence-electron chi connectivity index (χ0n) is 12.6. The van der Waals surface area contributed by atoms with Crippen molar-refractivity contribution in [1.29, 1.82) is 0 Å². The molecule has 0 aliphatic heterocycles. The van der Waals surface area contributed by atoms with E-state index in [0.717, 1.165) is 0 Å². The van der Waals surface area contributed by atoms with Gasteiger partial charge in [0.2, 0.25) is 10.0 Å². The van der Waals surface area contributed by atoms with Gasteiger partial charge in [-0.25, -0.2) is 8.42 Å². The van der Waals surface area contributed by atoms with Crippen molar-refractivity contribution in [1.82, 2.24) is 4.31 Å². The fraction of sp³-hybridized carbons (Fsp3) is 0.538. The Morgan fingerprint density at radius 1 is 1.38 bits per heavy atom. The number of nitrogen functional groups attached to an aromatic ring is 1. The Labute approximate surface area is 134 Å². The van der Waals surface area contributed by atoms with Crippen LogP contribution >= 0.6 is 15.9 Å². The molecule has 1 aromatic rings. The Morgan fingerprint density at radius 3 is 2.52 bits per heavy atom. The van der Waals surface area contributed by atoms with E-state index < -0.39 is 10.0 Å². The average molecular weight is 381 g/mol. The molecule has 0 saturated heterocycles. The third-order valence-electron chi connectivity index (χ3n) is 2.83. The summed E-state index contributed by atoms with van der Waals surface area (Å²) in [6, 6.07) is 2.93. The SMILES string of the molecule is COc1cc(Br)c(N)cc1S(=O)(=O)N(C)CCOC(C)C. The fourth-order valence-electron chi connectivity index (χ4n) is 1.62. The predicted octanol–water partition coefficient (Wildman–Crippen LogP) is 2.09. The first-order valence-electron chi connectivity index (χ1n) is 6.41. The van der Waals surface area contributed by atoms with Crippen molar-refractivity contribution >= 4 is 31.6 Å². The zero-order chi connectivity index (χ0) is 16.2. The maximum atomic E-state index is 12.6. The summed E-state index contributed by atoms with van der Waals surface area (Å²) in [5.41, 5.74) is 6.11. The number of anilines is 1. The van der Waals surface area contributed by atoms with Crippen LogP contribution in [0.15, 0.2) is 21.5 Å². The summed E-state index contributed by atoms with van der Waals surface area (Å²) in [6.07, 6.45) is 0.0546. The van der Waals surface area contributed by atoms with E-state index in [1.54, 1.807) is 6.07 Å². The molecule has 0 atom stereocenters. The van der Waals surface area contributed by atoms with E-state index in [1.807, 2.05) is 13.8 Å². The number of methoxy groups -OCH3 is 1. The molecular weight excluding hydrogens is 360 g/mol. The molecule has 2 N–H and O–H groups in total. The van der Waals surface area contributed by atoms with Crippen molar-refractivity contribution in [2.45, 2.75) is 24.8 Å². The Morgan fingerprint density at radius 2 is 2.00 bits per heavy atom. The zero-order valence-corrected chi connectivity index (χ0v) is 15.0. The number of ether oxygens (including phenoxy) is 2. The number of hydrogen-bond donors (Lipinski definition) is 1. The van der Waals surface area contributed by atoms with Gasteiger partial charge in [0.1, 0.15) is 10.6 Å². The fourth-order valence-corrected chi connectivity index (χ4v) is 3.26. The van der Waals surface area contributed by atoms with Crippen LogP contribution in [0.4, 0.5) is 5.69 Å². The van der Waals surface area contributed by atoms with Crippen LogP contribution in [0.25, 0.3) is 0 Å². The molecule has 21 heavy (non-hydrogen) atoms. The number of rotatable bonds is 7. The molecule has 0 saturated carbocycles. The van der Waals surface area contributed by atoms with Crippen LogP contribution < -0.4 is 10.5 Å². The monoisotopic (exact) mass is 380 g/mol. The van der Waals surface area contributed by atoms with Crippen molar-refractivity contribution in [2.75, 3.05) is 33.0 Å². The van der Waals surface area contributed by atoms with Crippen LogP contribution in [-0.4, -0.2) is 46.1 Å². The van der Waals surface area contributed by atoms with E-state index in [1.165, 1.54) is 24.5 Å². The van der Waals surface area contributed by atoms with E-state index in [4.69, 9.17) is 15.2 Å². The summed E-state index contributed by atoms with van der Waals surface area (Å²) >= 11 is 3.25. The highest BCUT2D eigenvalue weighted by Gasteiger charge is 2.25. The predicted molar refractivity (Wildman–Crippen MR) is 86.0 cm³/mol. The van der Waals surface area contributed by atoms with Crippen LogP contribution in [0.5, 0.6) is 5.75 Å². The van der Waals surface area contributed by atoms with Crippen molar-refractivity contribution < 1.29 is 17.9 Å². The van der Waals surface area contributed by atoms with Gasteiger partial charge in [-0.15, -0.1) is 0 Å². The van der Waals surface area contributed by atoms with Gasteiger partial charge in [-0.3, -0.25) is 0 Å². The van der Waals surface area contributed by atoms with Gasteiger partial charge >= 0.3 is 0 Å². The maximum absolute atomic E-state index is 12.6. The van der Waals surface area contributed by atoms with Crippen LogP contribution in [0.1, 0.15) is 13.8 Å². The molecule has 0 bridgehead atoms. The van der Waals surface area contributed by atoms with E-state index in [-0.39, 0.29) is 23.3 Å². The summed E-state index contributed by atoms with van der Waals surface area (Å²) in [4.78, 5) is 0.0396. The highest BCUT2D eigenvalue weighted by atomic mass is 79.9. The third kappa shape index (κ3) is 4.57. The molecule has 120 valence electrons. The largest absolute Gasteiger partial charge is 0.495 e. The second kappa shape index (κ2) is 7.44. The second-order valence-corrected chi connectivity index (χ2v) is 7.64. The summed E-state index contributed by atoms with van der Waals surface area (Å²) in [7, 11) is -0.779. The normalized spacial score (nSPS) is 12.1. The molecule has 0 radical (unpaired) electrons. The van der Waals surface area contributed by atoms with Crippen LogP contribution in [0.3, 0.4) is 0 Å². The quantitative estimate of drug-likeness (QED) is 0.732. The molecule has 0 spiro atoms. The van der Waals surface area contributed by atoms with Gasteiger partial charge in [-0.1, -0.05) is 0 Å². The summed E-state index contributed by atoms with van der Waals surface area (Å²) in [5.74, 6) is 0.243. The lowest BCUT2D eigenvalue weighted by Crippen LogP contribution is -2.31. The Hall–Kier alpha value is -0.830. The lowest BCUT2D eigenvalue weighted by molar-refractivity contribution is 0.0737. The van der Waals surface area contributed by atoms with Gasteiger partial charge in [0.05, 0.1) is 19.8 Å². The lowest BCUT2D eigenvalue weighted by atomic mass is 10.3. The second-order valence-electron chi connectivity index (χ2n) is 4.77. The Balaban J connectivity index is 3.04. The molecule has 0 amide bonds. The topological polar surface area (TPSA) is 81.9 Å². The number of hydrogen-bond acceptors (Lipinski definition) is 5. The molecule has 0 aliphatic rings. The molecule has 8 heteroatoms. The van der Waals surface area contributed by atoms with E-state index >= 15 is 0 Å². The molecule has 0 unspecified atom stereocenters. The van der Waals surface area contributed by atoms with Gasteiger partial charge < -0.3 is 15.2 Å². The first-order chi connectivity index (χ1) is 9.70. The number of nitrogens with two attached hydrogens (primary N) is 1. The number of sulfonamides is 1. The number of nitrogens with zero attached hydrogens (tertiary/aromatic N) is 1. The number of benzene rings is 1. The highest BCUT2D eigenvalue weighted by molar-refractivity contribution is 9.10. The maximum Gasteiger partial charge on any atom is 0.246 e. The molecular formula is C13H21BrN2O4S. The van der Waals surface area contributed by atoms with Crippen molar-refractivity contribution in [3.63, 3.8) is 0 Å². The van der Waals surface area contributed by atoms with E-state index in [0.29, 0.717) is 16.8 Å². The Kier molecular flexibility index (Phi) is 6.45. The van der Waals surface area contributed by atoms with Crippen LogP contribution in [-0.2, 0) is 14.8 Å². The van der Waals surface area contributed by atoms with Crippen molar-refractivity contribution in [3.05, 3.63) is 16.6 Å². The van der Waals surface area contributed by atoms with Gasteiger partial charge in [0.25, 0.3) is 0 Å². The number of halogens is 1. The highest BCUT2D eigenvalue weighted by Crippen LogP contribution is 2.33. The minimum atomic E-state index is -3.69. The average Bonchev–Trinajstić information content (AvgIpc) is 2.40. The van der Waals surface area contributed by atoms with E-state index in [9.17, 15) is 8.42 Å².